The van der Waals surface area contributed by atoms with Gasteiger partial charge in [-0.05, 0) is 31.2 Å². The number of rotatable bonds is 5. The van der Waals surface area contributed by atoms with Crippen LogP contribution in [0.25, 0.3) is 0 Å². The van der Waals surface area contributed by atoms with Gasteiger partial charge in [0.05, 0.1) is 11.6 Å². The largest absolute Gasteiger partial charge is 0.348 e. The number of hydrogen-bond donors (Lipinski definition) is 2. The minimum Gasteiger partial charge on any atom is -0.348 e. The molecular weight excluding hydrogens is 224 g/mol. The van der Waals surface area contributed by atoms with Crippen molar-refractivity contribution in [1.82, 2.24) is 5.32 Å². The van der Waals surface area contributed by atoms with Gasteiger partial charge in [-0.25, -0.2) is 0 Å². The first kappa shape index (κ1) is 13.1. The topological polar surface area (TPSA) is 55.1 Å². The van der Waals surface area contributed by atoms with E-state index in [1.54, 1.807) is 0 Å². The second-order valence-corrected chi connectivity index (χ2v) is 5.24. The predicted octanol–water partition coefficient (Wildman–Crippen LogP) is 2.53. The van der Waals surface area contributed by atoms with Crippen LogP contribution in [0, 0.1) is 0 Å². The summed E-state index contributed by atoms with van der Waals surface area (Å²) in [6, 6.07) is 10.2. The Kier molecular flexibility index (Phi) is 4.02. The summed E-state index contributed by atoms with van der Waals surface area (Å²) >= 11 is 0. The lowest BCUT2D eigenvalue weighted by Crippen LogP contribution is -2.58. The molecule has 1 amide bonds. The van der Waals surface area contributed by atoms with Crippen LogP contribution < -0.4 is 11.1 Å². The highest BCUT2D eigenvalue weighted by Crippen LogP contribution is 2.30. The van der Waals surface area contributed by atoms with Crippen molar-refractivity contribution in [2.45, 2.75) is 50.6 Å². The molecule has 1 aliphatic rings. The number of hydrogen-bond acceptors (Lipinski definition) is 2. The van der Waals surface area contributed by atoms with Crippen molar-refractivity contribution in [1.29, 1.82) is 0 Å². The number of carbonyl (C=O) groups is 1. The summed E-state index contributed by atoms with van der Waals surface area (Å²) in [4.78, 5) is 12.2. The summed E-state index contributed by atoms with van der Waals surface area (Å²) in [6.45, 7) is 2.13. The fraction of sp³-hybridized carbons (Fsp3) is 0.533. The molecule has 1 fully saturated rings. The Morgan fingerprint density at radius 3 is 2.56 bits per heavy atom. The molecule has 0 heterocycles. The van der Waals surface area contributed by atoms with Crippen LogP contribution in [-0.4, -0.2) is 11.4 Å². The van der Waals surface area contributed by atoms with Gasteiger partial charge in [-0.1, -0.05) is 43.7 Å². The molecule has 1 aromatic carbocycles. The quantitative estimate of drug-likeness (QED) is 0.838. The molecule has 2 rings (SSSR count). The minimum absolute atomic E-state index is 0.0102. The van der Waals surface area contributed by atoms with Gasteiger partial charge in [0.1, 0.15) is 0 Å². The first-order valence-electron chi connectivity index (χ1n) is 6.80. The van der Waals surface area contributed by atoms with Crippen molar-refractivity contribution in [3.63, 3.8) is 0 Å². The molecule has 1 aliphatic carbocycles. The van der Waals surface area contributed by atoms with Crippen molar-refractivity contribution in [3.05, 3.63) is 35.9 Å². The van der Waals surface area contributed by atoms with Gasteiger partial charge in [0, 0.05) is 0 Å². The zero-order valence-corrected chi connectivity index (χ0v) is 11.0. The van der Waals surface area contributed by atoms with Crippen LogP contribution in [0.1, 0.15) is 50.6 Å². The number of amides is 1. The van der Waals surface area contributed by atoms with Crippen LogP contribution in [0.2, 0.25) is 0 Å². The fourth-order valence-corrected chi connectivity index (χ4v) is 2.38. The van der Waals surface area contributed by atoms with Gasteiger partial charge < -0.3 is 11.1 Å². The third-order valence-corrected chi connectivity index (χ3v) is 3.78. The lowest BCUT2D eigenvalue weighted by Gasteiger charge is -2.37. The number of benzene rings is 1. The smallest absolute Gasteiger partial charge is 0.240 e. The standard InChI is InChI=1S/C15H22N2O/c1-2-7-13(12-8-4-3-5-9-12)17-14(18)15(16)10-6-11-15/h3-5,8-9,13H,2,6-7,10-11,16H2,1H3,(H,17,18). The van der Waals surface area contributed by atoms with Crippen LogP contribution in [0.5, 0.6) is 0 Å². The van der Waals surface area contributed by atoms with E-state index < -0.39 is 5.54 Å². The molecule has 0 spiro atoms. The maximum Gasteiger partial charge on any atom is 0.240 e. The zero-order valence-electron chi connectivity index (χ0n) is 11.0. The monoisotopic (exact) mass is 246 g/mol. The van der Waals surface area contributed by atoms with Gasteiger partial charge in [0.25, 0.3) is 0 Å². The molecule has 3 N–H and O–H groups in total. The summed E-state index contributed by atoms with van der Waals surface area (Å²) in [6.07, 6.45) is 4.68. The van der Waals surface area contributed by atoms with E-state index in [1.807, 2.05) is 18.2 Å². The Labute approximate surface area is 109 Å². The average molecular weight is 246 g/mol. The van der Waals surface area contributed by atoms with Crippen LogP contribution in [0.15, 0.2) is 30.3 Å². The Bertz CT molecular complexity index is 398. The Morgan fingerprint density at radius 1 is 1.39 bits per heavy atom. The van der Waals surface area contributed by atoms with E-state index in [2.05, 4.69) is 24.4 Å². The third kappa shape index (κ3) is 2.72. The number of nitrogens with one attached hydrogen (secondary N) is 1. The molecule has 0 bridgehead atoms. The molecule has 18 heavy (non-hydrogen) atoms. The third-order valence-electron chi connectivity index (χ3n) is 3.78. The van der Waals surface area contributed by atoms with Gasteiger partial charge >= 0.3 is 0 Å². The molecule has 0 aliphatic heterocycles. The lowest BCUT2D eigenvalue weighted by molar-refractivity contribution is -0.130. The molecule has 1 atom stereocenters. The van der Waals surface area contributed by atoms with Gasteiger partial charge in [0.2, 0.25) is 5.91 Å². The van der Waals surface area contributed by atoms with Crippen molar-refractivity contribution in [2.24, 2.45) is 5.73 Å². The van der Waals surface area contributed by atoms with E-state index in [9.17, 15) is 4.79 Å². The zero-order chi connectivity index (χ0) is 13.0. The lowest BCUT2D eigenvalue weighted by atomic mass is 9.77. The maximum absolute atomic E-state index is 12.2. The van der Waals surface area contributed by atoms with Crippen LogP contribution >= 0.6 is 0 Å². The molecule has 1 saturated carbocycles. The highest BCUT2D eigenvalue weighted by molar-refractivity contribution is 5.87. The number of nitrogens with two attached hydrogens (primary N) is 1. The Hall–Kier alpha value is -1.35. The molecular formula is C15H22N2O. The van der Waals surface area contributed by atoms with E-state index in [4.69, 9.17) is 5.73 Å². The van der Waals surface area contributed by atoms with E-state index in [-0.39, 0.29) is 11.9 Å². The molecule has 3 nitrogen and oxygen atoms in total. The van der Waals surface area contributed by atoms with E-state index in [0.717, 1.165) is 37.7 Å². The Morgan fingerprint density at radius 2 is 2.06 bits per heavy atom. The van der Waals surface area contributed by atoms with Gasteiger partial charge in [-0.2, -0.15) is 0 Å². The second kappa shape index (κ2) is 5.53. The van der Waals surface area contributed by atoms with Gasteiger partial charge in [-0.3, -0.25) is 4.79 Å². The molecule has 1 aromatic rings. The number of carbonyl (C=O) groups excluding carboxylic acids is 1. The second-order valence-electron chi connectivity index (χ2n) is 5.24. The summed E-state index contributed by atoms with van der Waals surface area (Å²) in [5.74, 6) is 0.0102. The molecule has 0 aromatic heterocycles. The van der Waals surface area contributed by atoms with Crippen molar-refractivity contribution in [3.8, 4) is 0 Å². The van der Waals surface area contributed by atoms with Crippen LogP contribution in [0.4, 0.5) is 0 Å². The van der Waals surface area contributed by atoms with Crippen molar-refractivity contribution >= 4 is 5.91 Å². The van der Waals surface area contributed by atoms with E-state index >= 15 is 0 Å². The molecule has 0 saturated heterocycles. The normalized spacial score (nSPS) is 18.8. The first-order valence-corrected chi connectivity index (χ1v) is 6.80. The highest BCUT2D eigenvalue weighted by atomic mass is 16.2. The van der Waals surface area contributed by atoms with Crippen LogP contribution in [-0.2, 0) is 4.79 Å². The molecule has 3 heteroatoms. The van der Waals surface area contributed by atoms with Crippen molar-refractivity contribution in [2.75, 3.05) is 0 Å². The average Bonchev–Trinajstić information content (AvgIpc) is 2.36. The van der Waals surface area contributed by atoms with Gasteiger partial charge in [-0.15, -0.1) is 0 Å². The summed E-state index contributed by atoms with van der Waals surface area (Å²) < 4.78 is 0. The first-order chi connectivity index (χ1) is 8.65. The van der Waals surface area contributed by atoms with E-state index in [0.29, 0.717) is 0 Å². The molecule has 0 radical (unpaired) electrons. The molecule has 1 unspecified atom stereocenters. The fourth-order valence-electron chi connectivity index (χ4n) is 2.38. The van der Waals surface area contributed by atoms with Crippen molar-refractivity contribution < 1.29 is 4.79 Å². The Balaban J connectivity index is 2.05. The van der Waals surface area contributed by atoms with Crippen LogP contribution in [0.3, 0.4) is 0 Å². The summed E-state index contributed by atoms with van der Waals surface area (Å²) in [5.41, 5.74) is 6.61. The minimum atomic E-state index is -0.610. The maximum atomic E-state index is 12.2. The highest BCUT2D eigenvalue weighted by Gasteiger charge is 2.40. The summed E-state index contributed by atoms with van der Waals surface area (Å²) in [7, 11) is 0. The SMILES string of the molecule is CCCC(NC(=O)C1(N)CCC1)c1ccccc1. The summed E-state index contributed by atoms with van der Waals surface area (Å²) in [5, 5.41) is 3.11. The molecule has 98 valence electrons. The van der Waals surface area contributed by atoms with E-state index in [1.165, 1.54) is 0 Å². The van der Waals surface area contributed by atoms with Gasteiger partial charge in [0.15, 0.2) is 0 Å². The predicted molar refractivity (Wildman–Crippen MR) is 73.0 cm³/mol.